The standard InChI is InChI=1S/C13H24N6S.HI/c1-11(2)12-8-18(6-7-20-12)13(14-3)16-4-5-19-10-15-9-17-19;/h9-12H,4-8H2,1-3H3,(H,14,16);1H. The molecule has 0 aromatic carbocycles. The number of hydrogen-bond acceptors (Lipinski definition) is 4. The first kappa shape index (κ1) is 18.5. The van der Waals surface area contributed by atoms with Crippen LogP contribution in [0.3, 0.4) is 0 Å². The second kappa shape index (κ2) is 9.50. The van der Waals surface area contributed by atoms with E-state index in [2.05, 4.69) is 50.9 Å². The van der Waals surface area contributed by atoms with E-state index in [1.165, 1.54) is 5.75 Å². The van der Waals surface area contributed by atoms with Crippen LogP contribution in [0, 0.1) is 5.92 Å². The summed E-state index contributed by atoms with van der Waals surface area (Å²) in [5.74, 6) is 2.87. The van der Waals surface area contributed by atoms with Crippen LogP contribution < -0.4 is 5.32 Å². The summed E-state index contributed by atoms with van der Waals surface area (Å²) in [5.41, 5.74) is 0. The van der Waals surface area contributed by atoms with Crippen LogP contribution in [0.5, 0.6) is 0 Å². The molecule has 1 aromatic heterocycles. The monoisotopic (exact) mass is 424 g/mol. The molecule has 120 valence electrons. The van der Waals surface area contributed by atoms with E-state index in [4.69, 9.17) is 0 Å². The van der Waals surface area contributed by atoms with E-state index in [9.17, 15) is 0 Å². The minimum absolute atomic E-state index is 0. The zero-order chi connectivity index (χ0) is 14.4. The smallest absolute Gasteiger partial charge is 0.193 e. The zero-order valence-corrected chi connectivity index (χ0v) is 16.0. The quantitative estimate of drug-likeness (QED) is 0.452. The molecule has 1 aliphatic heterocycles. The second-order valence-corrected chi connectivity index (χ2v) is 6.58. The molecule has 1 aromatic rings. The highest BCUT2D eigenvalue weighted by Gasteiger charge is 2.24. The van der Waals surface area contributed by atoms with Gasteiger partial charge in [0.2, 0.25) is 0 Å². The van der Waals surface area contributed by atoms with Crippen LogP contribution in [-0.4, -0.2) is 63.3 Å². The predicted octanol–water partition coefficient (Wildman–Crippen LogP) is 1.54. The number of hydrogen-bond donors (Lipinski definition) is 1. The minimum atomic E-state index is 0. The first-order valence-electron chi connectivity index (χ1n) is 7.10. The van der Waals surface area contributed by atoms with Crippen molar-refractivity contribution in [1.29, 1.82) is 0 Å². The van der Waals surface area contributed by atoms with Gasteiger partial charge in [-0.1, -0.05) is 13.8 Å². The van der Waals surface area contributed by atoms with Crippen molar-refractivity contribution >= 4 is 41.7 Å². The summed E-state index contributed by atoms with van der Waals surface area (Å²) >= 11 is 2.08. The Morgan fingerprint density at radius 2 is 2.33 bits per heavy atom. The molecule has 1 fully saturated rings. The fraction of sp³-hybridized carbons (Fsp3) is 0.769. The van der Waals surface area contributed by atoms with Gasteiger partial charge >= 0.3 is 0 Å². The molecule has 0 aliphatic carbocycles. The van der Waals surface area contributed by atoms with Gasteiger partial charge < -0.3 is 10.2 Å². The fourth-order valence-electron chi connectivity index (χ4n) is 2.23. The second-order valence-electron chi connectivity index (χ2n) is 5.23. The molecule has 2 rings (SSSR count). The summed E-state index contributed by atoms with van der Waals surface area (Å²) in [7, 11) is 1.85. The van der Waals surface area contributed by atoms with Gasteiger partial charge in [0.05, 0.1) is 6.54 Å². The lowest BCUT2D eigenvalue weighted by Gasteiger charge is -2.36. The lowest BCUT2D eigenvalue weighted by molar-refractivity contribution is 0.379. The van der Waals surface area contributed by atoms with Gasteiger partial charge in [-0.15, -0.1) is 24.0 Å². The number of aliphatic imine (C=N–C) groups is 1. The van der Waals surface area contributed by atoms with Crippen molar-refractivity contribution in [3.8, 4) is 0 Å². The number of guanidine groups is 1. The van der Waals surface area contributed by atoms with E-state index in [0.717, 1.165) is 32.1 Å². The van der Waals surface area contributed by atoms with Crippen LogP contribution in [0.2, 0.25) is 0 Å². The molecule has 0 spiro atoms. The van der Waals surface area contributed by atoms with Crippen molar-refractivity contribution < 1.29 is 0 Å². The molecule has 1 N–H and O–H groups in total. The lowest BCUT2D eigenvalue weighted by Crippen LogP contribution is -2.49. The van der Waals surface area contributed by atoms with E-state index >= 15 is 0 Å². The van der Waals surface area contributed by atoms with Crippen molar-refractivity contribution in [2.45, 2.75) is 25.6 Å². The van der Waals surface area contributed by atoms with Gasteiger partial charge in [-0.05, 0) is 5.92 Å². The van der Waals surface area contributed by atoms with Gasteiger partial charge in [-0.25, -0.2) is 4.98 Å². The molecule has 6 nitrogen and oxygen atoms in total. The molecule has 1 unspecified atom stereocenters. The van der Waals surface area contributed by atoms with Crippen molar-refractivity contribution in [3.63, 3.8) is 0 Å². The summed E-state index contributed by atoms with van der Waals surface area (Å²) in [6, 6.07) is 0. The highest BCUT2D eigenvalue weighted by Crippen LogP contribution is 2.24. The molecule has 1 aliphatic rings. The van der Waals surface area contributed by atoms with E-state index in [1.807, 2.05) is 11.7 Å². The predicted molar refractivity (Wildman–Crippen MR) is 99.5 cm³/mol. The van der Waals surface area contributed by atoms with Crippen molar-refractivity contribution in [1.82, 2.24) is 25.0 Å². The Kier molecular flexibility index (Phi) is 8.38. The van der Waals surface area contributed by atoms with E-state index in [1.54, 1.807) is 12.7 Å². The summed E-state index contributed by atoms with van der Waals surface area (Å²) in [5, 5.41) is 8.20. The van der Waals surface area contributed by atoms with Crippen molar-refractivity contribution in [2.24, 2.45) is 10.9 Å². The maximum Gasteiger partial charge on any atom is 0.193 e. The molecule has 21 heavy (non-hydrogen) atoms. The summed E-state index contributed by atoms with van der Waals surface area (Å²) < 4.78 is 1.82. The number of halogens is 1. The van der Waals surface area contributed by atoms with Crippen molar-refractivity contribution in [3.05, 3.63) is 12.7 Å². The number of thioether (sulfide) groups is 1. The minimum Gasteiger partial charge on any atom is -0.354 e. The SMILES string of the molecule is CN=C(NCCn1cncn1)N1CCSC(C(C)C)C1.I. The third-order valence-corrected chi connectivity index (χ3v) is 4.98. The molecule has 0 amide bonds. The summed E-state index contributed by atoms with van der Waals surface area (Å²) in [6.07, 6.45) is 3.29. The van der Waals surface area contributed by atoms with Gasteiger partial charge in [0.1, 0.15) is 12.7 Å². The molecule has 1 atom stereocenters. The molecule has 8 heteroatoms. The maximum atomic E-state index is 4.40. The van der Waals surface area contributed by atoms with Gasteiger partial charge in [-0.3, -0.25) is 9.67 Å². The molecule has 2 heterocycles. The van der Waals surface area contributed by atoms with E-state index in [0.29, 0.717) is 11.2 Å². The average Bonchev–Trinajstić information content (AvgIpc) is 2.97. The Labute approximate surface area is 148 Å². The number of rotatable bonds is 4. The largest absolute Gasteiger partial charge is 0.354 e. The number of aromatic nitrogens is 3. The Hall–Kier alpha value is -0.510. The van der Waals surface area contributed by atoms with Gasteiger partial charge in [0.25, 0.3) is 0 Å². The molecule has 0 saturated carbocycles. The van der Waals surface area contributed by atoms with Gasteiger partial charge in [0.15, 0.2) is 5.96 Å². The molecule has 0 radical (unpaired) electrons. The third kappa shape index (κ3) is 5.65. The number of nitrogens with zero attached hydrogens (tertiary/aromatic N) is 5. The first-order chi connectivity index (χ1) is 9.70. The number of nitrogens with one attached hydrogen (secondary N) is 1. The Balaban J connectivity index is 0.00000220. The maximum absolute atomic E-state index is 4.40. The summed E-state index contributed by atoms with van der Waals surface area (Å²) in [4.78, 5) is 10.7. The van der Waals surface area contributed by atoms with Crippen LogP contribution in [0.15, 0.2) is 17.6 Å². The molecule has 1 saturated heterocycles. The fourth-order valence-corrected chi connectivity index (χ4v) is 3.53. The van der Waals surface area contributed by atoms with Crippen LogP contribution in [0.4, 0.5) is 0 Å². The topological polar surface area (TPSA) is 58.3 Å². The summed E-state index contributed by atoms with van der Waals surface area (Å²) in [6.45, 7) is 8.34. The third-order valence-electron chi connectivity index (χ3n) is 3.44. The highest BCUT2D eigenvalue weighted by atomic mass is 127. The van der Waals surface area contributed by atoms with E-state index in [-0.39, 0.29) is 24.0 Å². The molecule has 0 bridgehead atoms. The normalized spacial score (nSPS) is 19.5. The Morgan fingerprint density at radius 1 is 1.52 bits per heavy atom. The first-order valence-corrected chi connectivity index (χ1v) is 8.15. The van der Waals surface area contributed by atoms with Crippen LogP contribution >= 0.6 is 35.7 Å². The highest BCUT2D eigenvalue weighted by molar-refractivity contribution is 14.0. The van der Waals surface area contributed by atoms with Crippen LogP contribution in [-0.2, 0) is 6.54 Å². The van der Waals surface area contributed by atoms with Gasteiger partial charge in [-0.2, -0.15) is 16.9 Å². The Bertz CT molecular complexity index is 422. The zero-order valence-electron chi connectivity index (χ0n) is 12.9. The Morgan fingerprint density at radius 3 is 2.95 bits per heavy atom. The van der Waals surface area contributed by atoms with Crippen LogP contribution in [0.1, 0.15) is 13.8 Å². The molecular formula is C13H25IN6S. The van der Waals surface area contributed by atoms with Crippen LogP contribution in [0.25, 0.3) is 0 Å². The molecular weight excluding hydrogens is 399 g/mol. The lowest BCUT2D eigenvalue weighted by atomic mass is 10.1. The van der Waals surface area contributed by atoms with E-state index < -0.39 is 0 Å². The van der Waals surface area contributed by atoms with Crippen molar-refractivity contribution in [2.75, 3.05) is 32.4 Å². The van der Waals surface area contributed by atoms with Gasteiger partial charge in [0, 0.05) is 37.7 Å². The average molecular weight is 424 g/mol.